The fourth-order valence-corrected chi connectivity index (χ4v) is 4.40. The molecule has 6 heteroatoms. The van der Waals surface area contributed by atoms with Crippen molar-refractivity contribution >= 4 is 29.4 Å². The smallest absolute Gasteiger partial charge is 0.410 e. The third-order valence-electron chi connectivity index (χ3n) is 5.20. The minimum atomic E-state index is -0.244. The lowest BCUT2D eigenvalue weighted by molar-refractivity contribution is -0.127. The van der Waals surface area contributed by atoms with Crippen molar-refractivity contribution < 1.29 is 14.3 Å². The normalized spacial score (nSPS) is 21.0. The third kappa shape index (κ3) is 3.90. The summed E-state index contributed by atoms with van der Waals surface area (Å²) in [5, 5.41) is 1.99. The molecular weight excluding hydrogens is 360 g/mol. The number of nitrogens with zero attached hydrogens (tertiary/aromatic N) is 2. The molecule has 0 spiro atoms. The maximum Gasteiger partial charge on any atom is 0.410 e. The Bertz CT molecular complexity index is 811. The van der Waals surface area contributed by atoms with E-state index in [0.29, 0.717) is 19.7 Å². The van der Waals surface area contributed by atoms with Gasteiger partial charge >= 0.3 is 6.09 Å². The molecule has 1 unspecified atom stereocenters. The predicted molar refractivity (Wildman–Crippen MR) is 105 cm³/mol. The molecule has 1 atom stereocenters. The average Bonchev–Trinajstić information content (AvgIpc) is 3.36. The van der Waals surface area contributed by atoms with Crippen LogP contribution in [-0.4, -0.2) is 47.5 Å². The zero-order chi connectivity index (χ0) is 18.6. The molecule has 27 heavy (non-hydrogen) atoms. The van der Waals surface area contributed by atoms with Gasteiger partial charge in [-0.15, -0.1) is 11.3 Å². The van der Waals surface area contributed by atoms with E-state index in [-0.39, 0.29) is 24.1 Å². The summed E-state index contributed by atoms with van der Waals surface area (Å²) in [6, 6.07) is 14.0. The summed E-state index contributed by atoms with van der Waals surface area (Å²) in [6.45, 7) is 1.71. The summed E-state index contributed by atoms with van der Waals surface area (Å²) in [7, 11) is 0. The topological polar surface area (TPSA) is 49.9 Å². The zero-order valence-electron chi connectivity index (χ0n) is 15.0. The molecule has 0 radical (unpaired) electrons. The van der Waals surface area contributed by atoms with E-state index >= 15 is 0 Å². The molecular formula is C21H22N2O3S. The quantitative estimate of drug-likeness (QED) is 0.753. The fraction of sp³-hybridized carbons (Fsp3) is 0.333. The Morgan fingerprint density at radius 3 is 2.59 bits per heavy atom. The number of cyclic esters (lactones) is 1. The minimum Gasteiger partial charge on any atom is -0.447 e. The van der Waals surface area contributed by atoms with Crippen molar-refractivity contribution in [2.45, 2.75) is 24.9 Å². The van der Waals surface area contributed by atoms with Crippen molar-refractivity contribution in [2.75, 3.05) is 19.7 Å². The van der Waals surface area contributed by atoms with Crippen molar-refractivity contribution in [3.63, 3.8) is 0 Å². The predicted octanol–water partition coefficient (Wildman–Crippen LogP) is 3.95. The second-order valence-corrected chi connectivity index (χ2v) is 7.80. The molecule has 2 fully saturated rings. The van der Waals surface area contributed by atoms with Gasteiger partial charge in [0, 0.05) is 30.1 Å². The Labute approximate surface area is 162 Å². The molecule has 2 aliphatic rings. The van der Waals surface area contributed by atoms with Gasteiger partial charge in [0.05, 0.1) is 6.04 Å². The first-order valence-electron chi connectivity index (χ1n) is 9.23. The summed E-state index contributed by atoms with van der Waals surface area (Å²) in [5.74, 6) is 0.0328. The number of rotatable bonds is 4. The SMILES string of the molecule is O=C(C=Cc1cccs1)N1CCC(N2C(=O)OCC2c2ccccc2)CC1. The summed E-state index contributed by atoms with van der Waals surface area (Å²) in [6.07, 6.45) is 4.81. The molecule has 2 amide bonds. The Morgan fingerprint density at radius 1 is 1.11 bits per heavy atom. The van der Waals surface area contributed by atoms with Crippen LogP contribution in [0.5, 0.6) is 0 Å². The van der Waals surface area contributed by atoms with E-state index < -0.39 is 0 Å². The van der Waals surface area contributed by atoms with Crippen molar-refractivity contribution in [3.8, 4) is 0 Å². The maximum atomic E-state index is 12.4. The lowest BCUT2D eigenvalue weighted by Gasteiger charge is -2.37. The molecule has 3 heterocycles. The molecule has 4 rings (SSSR count). The van der Waals surface area contributed by atoms with Crippen LogP contribution < -0.4 is 0 Å². The van der Waals surface area contributed by atoms with Crippen LogP contribution in [0.3, 0.4) is 0 Å². The molecule has 5 nitrogen and oxygen atoms in total. The van der Waals surface area contributed by atoms with Gasteiger partial charge in [-0.25, -0.2) is 4.79 Å². The average molecular weight is 382 g/mol. The molecule has 2 aliphatic heterocycles. The van der Waals surface area contributed by atoms with E-state index in [4.69, 9.17) is 4.74 Å². The first kappa shape index (κ1) is 17.8. The van der Waals surface area contributed by atoms with Gasteiger partial charge in [0.25, 0.3) is 0 Å². The first-order valence-corrected chi connectivity index (χ1v) is 10.1. The zero-order valence-corrected chi connectivity index (χ0v) is 15.8. The summed E-state index contributed by atoms with van der Waals surface area (Å²) < 4.78 is 5.34. The van der Waals surface area contributed by atoms with Crippen molar-refractivity contribution in [1.82, 2.24) is 9.80 Å². The molecule has 1 aromatic heterocycles. The number of carbonyl (C=O) groups excluding carboxylic acids is 2. The highest BCUT2D eigenvalue weighted by atomic mass is 32.1. The molecule has 0 aliphatic carbocycles. The van der Waals surface area contributed by atoms with Crippen molar-refractivity contribution in [1.29, 1.82) is 0 Å². The third-order valence-corrected chi connectivity index (χ3v) is 6.04. The van der Waals surface area contributed by atoms with Gasteiger partial charge in [-0.3, -0.25) is 9.69 Å². The summed E-state index contributed by atoms with van der Waals surface area (Å²) in [4.78, 5) is 29.5. The van der Waals surface area contributed by atoms with Crippen LogP contribution in [0.2, 0.25) is 0 Å². The van der Waals surface area contributed by atoms with Gasteiger partial charge in [0.1, 0.15) is 6.61 Å². The number of hydrogen-bond acceptors (Lipinski definition) is 4. The number of hydrogen-bond donors (Lipinski definition) is 0. The second-order valence-electron chi connectivity index (χ2n) is 6.82. The van der Waals surface area contributed by atoms with E-state index in [0.717, 1.165) is 23.3 Å². The van der Waals surface area contributed by atoms with Crippen LogP contribution in [0.1, 0.15) is 29.3 Å². The van der Waals surface area contributed by atoms with Crippen molar-refractivity contribution in [2.24, 2.45) is 0 Å². The number of thiophene rings is 1. The number of piperidine rings is 1. The summed E-state index contributed by atoms with van der Waals surface area (Å²) in [5.41, 5.74) is 1.10. The standard InChI is InChI=1S/C21H22N2O3S/c24-20(9-8-18-7-4-14-27-18)22-12-10-17(11-13-22)23-19(15-26-21(23)25)16-5-2-1-3-6-16/h1-9,14,17,19H,10-13,15H2. The van der Waals surface area contributed by atoms with E-state index in [9.17, 15) is 9.59 Å². The molecule has 0 saturated carbocycles. The molecule has 2 aromatic rings. The number of likely N-dealkylation sites (tertiary alicyclic amines) is 1. The Kier molecular flexibility index (Phi) is 5.25. The van der Waals surface area contributed by atoms with Crippen LogP contribution in [0.25, 0.3) is 6.08 Å². The highest BCUT2D eigenvalue weighted by molar-refractivity contribution is 7.10. The van der Waals surface area contributed by atoms with Gasteiger partial charge in [-0.1, -0.05) is 36.4 Å². The highest BCUT2D eigenvalue weighted by Gasteiger charge is 2.40. The molecule has 1 aromatic carbocycles. The molecule has 140 valence electrons. The number of benzene rings is 1. The van der Waals surface area contributed by atoms with Gasteiger partial charge in [0.2, 0.25) is 5.91 Å². The largest absolute Gasteiger partial charge is 0.447 e. The van der Waals surface area contributed by atoms with Crippen LogP contribution in [-0.2, 0) is 9.53 Å². The van der Waals surface area contributed by atoms with Gasteiger partial charge < -0.3 is 9.64 Å². The number of ether oxygens (including phenoxy) is 1. The summed E-state index contributed by atoms with van der Waals surface area (Å²) >= 11 is 1.61. The van der Waals surface area contributed by atoms with Gasteiger partial charge in [-0.2, -0.15) is 0 Å². The minimum absolute atomic E-state index is 0.0328. The van der Waals surface area contributed by atoms with Crippen LogP contribution in [0.15, 0.2) is 53.9 Å². The molecule has 2 saturated heterocycles. The van der Waals surface area contributed by atoms with Crippen LogP contribution in [0.4, 0.5) is 4.79 Å². The highest BCUT2D eigenvalue weighted by Crippen LogP contribution is 2.33. The Morgan fingerprint density at radius 2 is 1.89 bits per heavy atom. The van der Waals surface area contributed by atoms with E-state index in [1.165, 1.54) is 0 Å². The van der Waals surface area contributed by atoms with E-state index in [1.54, 1.807) is 17.4 Å². The first-order chi connectivity index (χ1) is 13.2. The number of carbonyl (C=O) groups is 2. The van der Waals surface area contributed by atoms with E-state index in [1.807, 2.05) is 63.7 Å². The van der Waals surface area contributed by atoms with Gasteiger partial charge in [0.15, 0.2) is 0 Å². The molecule has 0 N–H and O–H groups in total. The van der Waals surface area contributed by atoms with Crippen LogP contribution in [0, 0.1) is 0 Å². The van der Waals surface area contributed by atoms with Crippen LogP contribution >= 0.6 is 11.3 Å². The maximum absolute atomic E-state index is 12.4. The molecule has 0 bridgehead atoms. The monoisotopic (exact) mass is 382 g/mol. The lowest BCUT2D eigenvalue weighted by Crippen LogP contribution is -2.47. The number of amides is 2. The van der Waals surface area contributed by atoms with Crippen molar-refractivity contribution in [3.05, 3.63) is 64.4 Å². The second kappa shape index (κ2) is 7.96. The Balaban J connectivity index is 1.38. The fourth-order valence-electron chi connectivity index (χ4n) is 3.78. The van der Waals surface area contributed by atoms with Gasteiger partial charge in [-0.05, 0) is 35.9 Å². The Hall–Kier alpha value is -2.60. The van der Waals surface area contributed by atoms with E-state index in [2.05, 4.69) is 0 Å². The lowest BCUT2D eigenvalue weighted by atomic mass is 9.99.